The van der Waals surface area contributed by atoms with E-state index >= 15 is 0 Å². The van der Waals surface area contributed by atoms with Gasteiger partial charge in [0.1, 0.15) is 0 Å². The largest absolute Gasteiger partial charge is 0.454 e. The molecule has 2 aromatic carbocycles. The van der Waals surface area contributed by atoms with Crippen LogP contribution in [-0.4, -0.2) is 36.0 Å². The number of hydrogen-bond acceptors (Lipinski definition) is 5. The fourth-order valence-electron chi connectivity index (χ4n) is 2.93. The molecule has 0 saturated heterocycles. The van der Waals surface area contributed by atoms with E-state index in [1.54, 1.807) is 0 Å². The van der Waals surface area contributed by atoms with E-state index in [1.165, 1.54) is 0 Å². The summed E-state index contributed by atoms with van der Waals surface area (Å²) in [7, 11) is 0. The first-order valence-corrected chi connectivity index (χ1v) is 9.48. The van der Waals surface area contributed by atoms with Gasteiger partial charge in [0.15, 0.2) is 18.1 Å². The summed E-state index contributed by atoms with van der Waals surface area (Å²) < 4.78 is 10.7. The molecule has 0 aliphatic carbocycles. The average molecular weight is 382 g/mol. The van der Waals surface area contributed by atoms with Crippen molar-refractivity contribution in [2.45, 2.75) is 39.8 Å². The van der Waals surface area contributed by atoms with Gasteiger partial charge in [0, 0.05) is 18.2 Å². The molecule has 28 heavy (non-hydrogen) atoms. The third kappa shape index (κ3) is 4.82. The molecule has 1 heterocycles. The van der Waals surface area contributed by atoms with Crippen LogP contribution in [0, 0.1) is 0 Å². The minimum absolute atomic E-state index is 0.0829. The molecule has 0 fully saturated rings. The Morgan fingerprint density at radius 1 is 1.18 bits per heavy atom. The first-order valence-electron chi connectivity index (χ1n) is 9.48. The number of fused-ring (bicyclic) bond motifs is 1. The number of nitrogens with zero attached hydrogens (tertiary/aromatic N) is 2. The lowest BCUT2D eigenvalue weighted by atomic mass is 10.1. The topological polar surface area (TPSA) is 60.4 Å². The van der Waals surface area contributed by atoms with Crippen molar-refractivity contribution >= 4 is 11.6 Å². The lowest BCUT2D eigenvalue weighted by molar-refractivity contribution is -0.139. The van der Waals surface area contributed by atoms with Crippen molar-refractivity contribution in [3.05, 3.63) is 59.7 Å². The molecule has 1 atom stereocenters. The van der Waals surface area contributed by atoms with Gasteiger partial charge in [-0.3, -0.25) is 4.79 Å². The summed E-state index contributed by atoms with van der Waals surface area (Å²) in [6.45, 7) is 6.63. The first-order chi connectivity index (χ1) is 13.6. The van der Waals surface area contributed by atoms with Crippen LogP contribution in [0.5, 0.6) is 11.5 Å². The van der Waals surface area contributed by atoms with E-state index in [2.05, 4.69) is 12.1 Å². The minimum Gasteiger partial charge on any atom is -0.454 e. The van der Waals surface area contributed by atoms with Crippen molar-refractivity contribution in [2.24, 2.45) is 5.16 Å². The number of hydrogen-bond donors (Lipinski definition) is 0. The van der Waals surface area contributed by atoms with Gasteiger partial charge in [-0.05, 0) is 44.0 Å². The van der Waals surface area contributed by atoms with Gasteiger partial charge in [-0.15, -0.1) is 0 Å². The normalized spacial score (nSPS) is 13.9. The molecule has 1 aliphatic rings. The van der Waals surface area contributed by atoms with Crippen molar-refractivity contribution in [3.63, 3.8) is 0 Å². The standard InChI is InChI=1S/C22H26N2O4/c1-4-16(2)24(13-18-8-6-5-7-9-18)22(25)14-28-23-17(3)19-10-11-20-21(12-19)27-15-26-20/h5-12,16H,4,13-15H2,1-3H3/b23-17+. The zero-order valence-corrected chi connectivity index (χ0v) is 16.6. The average Bonchev–Trinajstić information content (AvgIpc) is 3.19. The highest BCUT2D eigenvalue weighted by molar-refractivity contribution is 5.99. The predicted molar refractivity (Wildman–Crippen MR) is 107 cm³/mol. The van der Waals surface area contributed by atoms with Crippen LogP contribution in [0.15, 0.2) is 53.7 Å². The molecule has 0 radical (unpaired) electrons. The number of carbonyl (C=O) groups is 1. The van der Waals surface area contributed by atoms with Crippen LogP contribution < -0.4 is 9.47 Å². The van der Waals surface area contributed by atoms with Crippen LogP contribution in [0.2, 0.25) is 0 Å². The molecule has 2 aromatic rings. The van der Waals surface area contributed by atoms with E-state index < -0.39 is 0 Å². The van der Waals surface area contributed by atoms with Crippen LogP contribution in [0.4, 0.5) is 0 Å². The molecule has 1 amide bonds. The Kier molecular flexibility index (Phi) is 6.53. The molecule has 0 aromatic heterocycles. The van der Waals surface area contributed by atoms with Gasteiger partial charge >= 0.3 is 0 Å². The quantitative estimate of drug-likeness (QED) is 0.512. The van der Waals surface area contributed by atoms with E-state index in [0.717, 1.165) is 23.3 Å². The molecule has 0 spiro atoms. The fraction of sp³-hybridized carbons (Fsp3) is 0.364. The Labute approximate surface area is 165 Å². The molecule has 148 valence electrons. The first kappa shape index (κ1) is 19.7. The summed E-state index contributed by atoms with van der Waals surface area (Å²) in [6.07, 6.45) is 0.873. The van der Waals surface area contributed by atoms with E-state index in [0.29, 0.717) is 18.0 Å². The zero-order valence-electron chi connectivity index (χ0n) is 16.6. The highest BCUT2D eigenvalue weighted by Gasteiger charge is 2.20. The summed E-state index contributed by atoms with van der Waals surface area (Å²) >= 11 is 0. The molecule has 0 N–H and O–H groups in total. The van der Waals surface area contributed by atoms with Crippen LogP contribution in [-0.2, 0) is 16.2 Å². The Morgan fingerprint density at radius 2 is 1.93 bits per heavy atom. The van der Waals surface area contributed by atoms with Gasteiger partial charge in [0.2, 0.25) is 6.79 Å². The lowest BCUT2D eigenvalue weighted by Gasteiger charge is -2.28. The fourth-order valence-corrected chi connectivity index (χ4v) is 2.93. The maximum Gasteiger partial charge on any atom is 0.263 e. The SMILES string of the molecule is CCC(C)N(Cc1ccccc1)C(=O)CO/N=C(\C)c1ccc2c(c1)OCO2. The summed E-state index contributed by atoms with van der Waals surface area (Å²) in [5, 5.41) is 4.11. The van der Waals surface area contributed by atoms with E-state index in [1.807, 2.05) is 67.3 Å². The van der Waals surface area contributed by atoms with Crippen LogP contribution in [0.1, 0.15) is 38.3 Å². The minimum atomic E-state index is -0.0981. The molecular weight excluding hydrogens is 356 g/mol. The van der Waals surface area contributed by atoms with Gasteiger partial charge in [0.05, 0.1) is 5.71 Å². The van der Waals surface area contributed by atoms with Crippen molar-refractivity contribution in [1.82, 2.24) is 4.90 Å². The summed E-state index contributed by atoms with van der Waals surface area (Å²) in [6, 6.07) is 15.7. The molecule has 6 nitrogen and oxygen atoms in total. The zero-order chi connectivity index (χ0) is 19.9. The number of benzene rings is 2. The third-order valence-electron chi connectivity index (χ3n) is 4.82. The number of rotatable bonds is 8. The number of ether oxygens (including phenoxy) is 2. The van der Waals surface area contributed by atoms with E-state index in [4.69, 9.17) is 14.3 Å². The maximum absolute atomic E-state index is 12.7. The Balaban J connectivity index is 1.61. The van der Waals surface area contributed by atoms with E-state index in [9.17, 15) is 4.79 Å². The van der Waals surface area contributed by atoms with Crippen molar-refractivity contribution in [2.75, 3.05) is 13.4 Å². The van der Waals surface area contributed by atoms with Crippen LogP contribution in [0.3, 0.4) is 0 Å². The highest BCUT2D eigenvalue weighted by Crippen LogP contribution is 2.32. The van der Waals surface area contributed by atoms with Gasteiger partial charge in [-0.2, -0.15) is 0 Å². The second-order valence-electron chi connectivity index (χ2n) is 6.78. The van der Waals surface area contributed by atoms with Gasteiger partial charge < -0.3 is 19.2 Å². The molecule has 3 rings (SSSR count). The molecule has 0 saturated carbocycles. The number of carbonyl (C=O) groups excluding carboxylic acids is 1. The smallest absolute Gasteiger partial charge is 0.263 e. The summed E-state index contributed by atoms with van der Waals surface area (Å²) in [5.74, 6) is 1.33. The van der Waals surface area contributed by atoms with Gasteiger partial charge in [-0.25, -0.2) is 0 Å². The van der Waals surface area contributed by atoms with Gasteiger partial charge in [0.25, 0.3) is 5.91 Å². The lowest BCUT2D eigenvalue weighted by Crippen LogP contribution is -2.39. The second kappa shape index (κ2) is 9.26. The molecule has 1 unspecified atom stereocenters. The van der Waals surface area contributed by atoms with Crippen LogP contribution >= 0.6 is 0 Å². The third-order valence-corrected chi connectivity index (χ3v) is 4.82. The molecule has 0 bridgehead atoms. The van der Waals surface area contributed by atoms with Crippen LogP contribution in [0.25, 0.3) is 0 Å². The monoisotopic (exact) mass is 382 g/mol. The predicted octanol–water partition coefficient (Wildman–Crippen LogP) is 3.98. The second-order valence-corrected chi connectivity index (χ2v) is 6.78. The van der Waals surface area contributed by atoms with Crippen molar-refractivity contribution in [1.29, 1.82) is 0 Å². The van der Waals surface area contributed by atoms with E-state index in [-0.39, 0.29) is 25.3 Å². The maximum atomic E-state index is 12.7. The van der Waals surface area contributed by atoms with Gasteiger partial charge in [-0.1, -0.05) is 42.4 Å². The summed E-state index contributed by atoms with van der Waals surface area (Å²) in [4.78, 5) is 19.9. The molecular formula is C22H26N2O4. The number of amides is 1. The molecule has 1 aliphatic heterocycles. The Bertz CT molecular complexity index is 836. The Morgan fingerprint density at radius 3 is 2.68 bits per heavy atom. The highest BCUT2D eigenvalue weighted by atomic mass is 16.7. The van der Waals surface area contributed by atoms with Crippen molar-refractivity contribution < 1.29 is 19.1 Å². The Hall–Kier alpha value is -3.02. The molecule has 6 heteroatoms. The van der Waals surface area contributed by atoms with Crippen molar-refractivity contribution in [3.8, 4) is 11.5 Å². The number of oxime groups is 1. The summed E-state index contributed by atoms with van der Waals surface area (Å²) in [5.41, 5.74) is 2.63.